The molecular formula is C12H10OS. The third-order valence-corrected chi connectivity index (χ3v) is 2.93. The van der Waals surface area contributed by atoms with Crippen LogP contribution in [0.5, 0.6) is 0 Å². The molecule has 0 bridgehead atoms. The highest BCUT2D eigenvalue weighted by atomic mass is 32.1. The van der Waals surface area contributed by atoms with Crippen LogP contribution in [0.4, 0.5) is 0 Å². The highest BCUT2D eigenvalue weighted by Gasteiger charge is 2.01. The number of aldehydes is 1. The molecule has 2 rings (SSSR count). The van der Waals surface area contributed by atoms with Gasteiger partial charge in [-0.1, -0.05) is 18.2 Å². The first kappa shape index (κ1) is 9.16. The van der Waals surface area contributed by atoms with Gasteiger partial charge in [0.25, 0.3) is 0 Å². The van der Waals surface area contributed by atoms with E-state index in [1.165, 1.54) is 11.1 Å². The topological polar surface area (TPSA) is 17.1 Å². The second kappa shape index (κ2) is 3.76. The highest BCUT2D eigenvalue weighted by molar-refractivity contribution is 7.08. The van der Waals surface area contributed by atoms with E-state index < -0.39 is 0 Å². The van der Waals surface area contributed by atoms with Crippen molar-refractivity contribution in [2.45, 2.75) is 6.92 Å². The van der Waals surface area contributed by atoms with Crippen molar-refractivity contribution in [1.82, 2.24) is 0 Å². The molecule has 0 aliphatic rings. The molecule has 0 fully saturated rings. The van der Waals surface area contributed by atoms with Crippen molar-refractivity contribution in [3.8, 4) is 11.1 Å². The van der Waals surface area contributed by atoms with Crippen LogP contribution < -0.4 is 0 Å². The third-order valence-electron chi connectivity index (χ3n) is 2.25. The van der Waals surface area contributed by atoms with E-state index in [4.69, 9.17) is 0 Å². The van der Waals surface area contributed by atoms with Crippen molar-refractivity contribution >= 4 is 17.6 Å². The molecule has 0 aliphatic carbocycles. The number of thiophene rings is 1. The SMILES string of the molecule is Cc1cc(-c2ccsc2)ccc1C=O. The molecule has 0 saturated carbocycles. The van der Waals surface area contributed by atoms with Gasteiger partial charge < -0.3 is 0 Å². The van der Waals surface area contributed by atoms with Gasteiger partial charge in [-0.25, -0.2) is 0 Å². The van der Waals surface area contributed by atoms with Gasteiger partial charge in [-0.3, -0.25) is 4.79 Å². The molecule has 1 aromatic carbocycles. The van der Waals surface area contributed by atoms with Crippen LogP contribution >= 0.6 is 11.3 Å². The summed E-state index contributed by atoms with van der Waals surface area (Å²) in [5.41, 5.74) is 4.19. The molecule has 0 N–H and O–H groups in total. The summed E-state index contributed by atoms with van der Waals surface area (Å²) >= 11 is 1.68. The van der Waals surface area contributed by atoms with Crippen LogP contribution in [0.15, 0.2) is 35.0 Å². The van der Waals surface area contributed by atoms with Crippen LogP contribution in [0.1, 0.15) is 15.9 Å². The Morgan fingerprint density at radius 2 is 2.07 bits per heavy atom. The van der Waals surface area contributed by atoms with Crippen LogP contribution in [0.2, 0.25) is 0 Å². The van der Waals surface area contributed by atoms with E-state index >= 15 is 0 Å². The van der Waals surface area contributed by atoms with E-state index in [0.717, 1.165) is 17.4 Å². The second-order valence-corrected chi connectivity index (χ2v) is 3.98. The van der Waals surface area contributed by atoms with Crippen LogP contribution in [-0.4, -0.2) is 6.29 Å². The summed E-state index contributed by atoms with van der Waals surface area (Å²) in [5.74, 6) is 0. The zero-order valence-electron chi connectivity index (χ0n) is 7.86. The number of aryl methyl sites for hydroxylation is 1. The Morgan fingerprint density at radius 1 is 1.21 bits per heavy atom. The zero-order valence-corrected chi connectivity index (χ0v) is 8.67. The van der Waals surface area contributed by atoms with Gasteiger partial charge in [-0.2, -0.15) is 11.3 Å². The molecule has 2 heteroatoms. The fourth-order valence-electron chi connectivity index (χ4n) is 1.42. The molecule has 1 heterocycles. The minimum atomic E-state index is 0.768. The van der Waals surface area contributed by atoms with E-state index in [1.54, 1.807) is 11.3 Å². The molecule has 70 valence electrons. The maximum atomic E-state index is 10.6. The Balaban J connectivity index is 2.48. The van der Waals surface area contributed by atoms with E-state index in [0.29, 0.717) is 0 Å². The van der Waals surface area contributed by atoms with Gasteiger partial charge in [0, 0.05) is 5.56 Å². The Labute approximate surface area is 87.0 Å². The number of benzene rings is 1. The number of rotatable bonds is 2. The Kier molecular flexibility index (Phi) is 2.46. The van der Waals surface area contributed by atoms with Crippen molar-refractivity contribution in [3.05, 3.63) is 46.2 Å². The molecule has 0 amide bonds. The van der Waals surface area contributed by atoms with Gasteiger partial charge >= 0.3 is 0 Å². The van der Waals surface area contributed by atoms with Gasteiger partial charge in [0.1, 0.15) is 6.29 Å². The van der Waals surface area contributed by atoms with Crippen molar-refractivity contribution in [2.75, 3.05) is 0 Å². The Bertz CT molecular complexity index is 443. The summed E-state index contributed by atoms with van der Waals surface area (Å²) in [6.07, 6.45) is 0.896. The number of hydrogen-bond acceptors (Lipinski definition) is 2. The van der Waals surface area contributed by atoms with E-state index in [1.807, 2.05) is 25.1 Å². The summed E-state index contributed by atoms with van der Waals surface area (Å²) in [4.78, 5) is 10.6. The van der Waals surface area contributed by atoms with Gasteiger partial charge in [0.15, 0.2) is 0 Å². The smallest absolute Gasteiger partial charge is 0.150 e. The summed E-state index contributed by atoms with van der Waals surface area (Å²) in [6, 6.07) is 7.99. The standard InChI is InChI=1S/C12H10OS/c1-9-6-10(2-3-11(9)7-13)12-4-5-14-8-12/h2-8H,1H3. The lowest BCUT2D eigenvalue weighted by Gasteiger charge is -2.01. The predicted octanol–water partition coefficient (Wildman–Crippen LogP) is 3.54. The monoisotopic (exact) mass is 202 g/mol. The van der Waals surface area contributed by atoms with Crippen LogP contribution in [0.25, 0.3) is 11.1 Å². The van der Waals surface area contributed by atoms with E-state index in [-0.39, 0.29) is 0 Å². The molecular weight excluding hydrogens is 192 g/mol. The minimum Gasteiger partial charge on any atom is -0.298 e. The van der Waals surface area contributed by atoms with Gasteiger partial charge in [-0.15, -0.1) is 0 Å². The van der Waals surface area contributed by atoms with Crippen molar-refractivity contribution in [1.29, 1.82) is 0 Å². The van der Waals surface area contributed by atoms with Gasteiger partial charge in [-0.05, 0) is 40.4 Å². The van der Waals surface area contributed by atoms with Gasteiger partial charge in [0.2, 0.25) is 0 Å². The van der Waals surface area contributed by atoms with Crippen LogP contribution in [0.3, 0.4) is 0 Å². The Hall–Kier alpha value is -1.41. The van der Waals surface area contributed by atoms with Crippen LogP contribution in [-0.2, 0) is 0 Å². The zero-order chi connectivity index (χ0) is 9.97. The highest BCUT2D eigenvalue weighted by Crippen LogP contribution is 2.23. The molecule has 0 radical (unpaired) electrons. The molecule has 0 unspecified atom stereocenters. The van der Waals surface area contributed by atoms with E-state index in [2.05, 4.69) is 16.8 Å². The van der Waals surface area contributed by atoms with E-state index in [9.17, 15) is 4.79 Å². The Morgan fingerprint density at radius 3 is 2.64 bits per heavy atom. The van der Waals surface area contributed by atoms with Crippen molar-refractivity contribution in [3.63, 3.8) is 0 Å². The summed E-state index contributed by atoms with van der Waals surface area (Å²) in [6.45, 7) is 1.96. The molecule has 0 aliphatic heterocycles. The normalized spacial score (nSPS) is 10.1. The molecule has 0 saturated heterocycles. The first-order valence-electron chi connectivity index (χ1n) is 4.39. The number of carbonyl (C=O) groups is 1. The lowest BCUT2D eigenvalue weighted by molar-refractivity contribution is 0.112. The quantitative estimate of drug-likeness (QED) is 0.681. The van der Waals surface area contributed by atoms with Gasteiger partial charge in [0.05, 0.1) is 0 Å². The molecule has 1 nitrogen and oxygen atoms in total. The largest absolute Gasteiger partial charge is 0.298 e. The summed E-state index contributed by atoms with van der Waals surface area (Å²) in [5, 5.41) is 4.16. The lowest BCUT2D eigenvalue weighted by atomic mass is 10.0. The molecule has 0 atom stereocenters. The minimum absolute atomic E-state index is 0.768. The maximum absolute atomic E-state index is 10.6. The average molecular weight is 202 g/mol. The summed E-state index contributed by atoms with van der Waals surface area (Å²) < 4.78 is 0. The maximum Gasteiger partial charge on any atom is 0.150 e. The lowest BCUT2D eigenvalue weighted by Crippen LogP contribution is -1.86. The molecule has 14 heavy (non-hydrogen) atoms. The fourth-order valence-corrected chi connectivity index (χ4v) is 2.08. The first-order chi connectivity index (χ1) is 6.81. The third kappa shape index (κ3) is 1.61. The summed E-state index contributed by atoms with van der Waals surface area (Å²) in [7, 11) is 0. The van der Waals surface area contributed by atoms with Crippen LogP contribution in [0, 0.1) is 6.92 Å². The number of carbonyl (C=O) groups excluding carboxylic acids is 1. The molecule has 2 aromatic rings. The van der Waals surface area contributed by atoms with Crippen molar-refractivity contribution < 1.29 is 4.79 Å². The predicted molar refractivity (Wildman–Crippen MR) is 59.9 cm³/mol. The molecule has 1 aromatic heterocycles. The molecule has 0 spiro atoms. The first-order valence-corrected chi connectivity index (χ1v) is 5.34. The van der Waals surface area contributed by atoms with Crippen molar-refractivity contribution in [2.24, 2.45) is 0 Å². The fraction of sp³-hybridized carbons (Fsp3) is 0.0833. The second-order valence-electron chi connectivity index (χ2n) is 3.20. The average Bonchev–Trinajstić information content (AvgIpc) is 2.70. The number of hydrogen-bond donors (Lipinski definition) is 0.